The lowest BCUT2D eigenvalue weighted by molar-refractivity contribution is 0.0716. The number of hydrogen-bond donors (Lipinski definition) is 0. The van der Waals surface area contributed by atoms with E-state index in [1.165, 1.54) is 19.4 Å². The van der Waals surface area contributed by atoms with Crippen LogP contribution >= 0.6 is 0 Å². The first-order valence-corrected chi connectivity index (χ1v) is 8.43. The van der Waals surface area contributed by atoms with Crippen LogP contribution in [0.2, 0.25) is 0 Å². The average Bonchev–Trinajstić information content (AvgIpc) is 2.93. The molecule has 1 aliphatic rings. The van der Waals surface area contributed by atoms with Gasteiger partial charge in [-0.3, -0.25) is 9.59 Å². The molecule has 6 nitrogen and oxygen atoms in total. The summed E-state index contributed by atoms with van der Waals surface area (Å²) in [5, 5.41) is 0. The Hall–Kier alpha value is -2.96. The Morgan fingerprint density at radius 1 is 1.04 bits per heavy atom. The average molecular weight is 357 g/mol. The van der Waals surface area contributed by atoms with Gasteiger partial charge in [-0.05, 0) is 24.6 Å². The fourth-order valence-electron chi connectivity index (χ4n) is 3.03. The highest BCUT2D eigenvalue weighted by molar-refractivity contribution is 5.97. The molecule has 1 aromatic carbocycles. The number of carbonyl (C=O) groups is 2. The van der Waals surface area contributed by atoms with Gasteiger partial charge in [0.2, 0.25) is 5.95 Å². The number of hydrogen-bond acceptors (Lipinski definition) is 4. The van der Waals surface area contributed by atoms with E-state index in [9.17, 15) is 14.0 Å². The van der Waals surface area contributed by atoms with Gasteiger partial charge in [0.25, 0.3) is 11.8 Å². The van der Waals surface area contributed by atoms with Crippen molar-refractivity contribution in [3.8, 4) is 5.75 Å². The van der Waals surface area contributed by atoms with Gasteiger partial charge < -0.3 is 14.5 Å². The lowest BCUT2D eigenvalue weighted by atomic mass is 10.1. The maximum atomic E-state index is 13.3. The molecule has 1 saturated heterocycles. The summed E-state index contributed by atoms with van der Waals surface area (Å²) in [6.45, 7) is 1.86. The highest BCUT2D eigenvalue weighted by atomic mass is 19.1. The molecule has 7 heteroatoms. The maximum Gasteiger partial charge on any atom is 0.257 e. The second-order valence-corrected chi connectivity index (χ2v) is 6.01. The third-order valence-electron chi connectivity index (χ3n) is 4.38. The molecule has 0 radical (unpaired) electrons. The number of nitrogens with zero attached hydrogens (tertiary/aromatic N) is 3. The zero-order valence-corrected chi connectivity index (χ0v) is 14.5. The predicted octanol–water partition coefficient (Wildman–Crippen LogP) is 2.22. The Bertz CT molecular complexity index is 812. The Kier molecular flexibility index (Phi) is 5.46. The Morgan fingerprint density at radius 3 is 2.42 bits per heavy atom. The molecule has 1 fully saturated rings. The van der Waals surface area contributed by atoms with E-state index in [1.807, 2.05) is 6.07 Å². The smallest absolute Gasteiger partial charge is 0.257 e. The Balaban J connectivity index is 1.70. The first-order chi connectivity index (χ1) is 12.6. The number of aromatic nitrogens is 1. The van der Waals surface area contributed by atoms with Gasteiger partial charge in [-0.1, -0.05) is 12.1 Å². The maximum absolute atomic E-state index is 13.3. The normalized spacial score (nSPS) is 14.7. The quantitative estimate of drug-likeness (QED) is 0.790. The van der Waals surface area contributed by atoms with E-state index in [4.69, 9.17) is 4.74 Å². The molecular formula is C19H20FN3O3. The zero-order chi connectivity index (χ0) is 18.5. The Labute approximate surface area is 151 Å². The number of carbonyl (C=O) groups excluding carboxylic acids is 2. The van der Waals surface area contributed by atoms with Crippen LogP contribution in [-0.4, -0.2) is 59.9 Å². The van der Waals surface area contributed by atoms with Crippen molar-refractivity contribution in [1.29, 1.82) is 0 Å². The summed E-state index contributed by atoms with van der Waals surface area (Å²) in [7, 11) is 1.53. The highest BCUT2D eigenvalue weighted by Gasteiger charge is 2.25. The van der Waals surface area contributed by atoms with Crippen molar-refractivity contribution in [2.75, 3.05) is 33.3 Å². The van der Waals surface area contributed by atoms with Crippen LogP contribution in [0, 0.1) is 5.95 Å². The summed E-state index contributed by atoms with van der Waals surface area (Å²) < 4.78 is 18.5. The molecule has 2 amide bonds. The molecular weight excluding hydrogens is 337 g/mol. The molecule has 1 aromatic heterocycles. The first-order valence-electron chi connectivity index (χ1n) is 8.43. The Morgan fingerprint density at radius 2 is 1.73 bits per heavy atom. The van der Waals surface area contributed by atoms with Crippen LogP contribution in [-0.2, 0) is 0 Å². The van der Waals surface area contributed by atoms with Crippen molar-refractivity contribution in [3.63, 3.8) is 0 Å². The lowest BCUT2D eigenvalue weighted by Gasteiger charge is -2.23. The van der Waals surface area contributed by atoms with Crippen molar-refractivity contribution >= 4 is 11.8 Å². The van der Waals surface area contributed by atoms with Crippen molar-refractivity contribution in [1.82, 2.24) is 14.8 Å². The minimum atomic E-state index is -0.682. The van der Waals surface area contributed by atoms with Gasteiger partial charge in [-0.25, -0.2) is 4.98 Å². The van der Waals surface area contributed by atoms with Crippen LogP contribution in [0.4, 0.5) is 4.39 Å². The lowest BCUT2D eigenvalue weighted by Crippen LogP contribution is -2.37. The van der Waals surface area contributed by atoms with Gasteiger partial charge in [0.15, 0.2) is 0 Å². The van der Waals surface area contributed by atoms with Crippen LogP contribution in [0.5, 0.6) is 5.75 Å². The third kappa shape index (κ3) is 3.82. The van der Waals surface area contributed by atoms with Gasteiger partial charge >= 0.3 is 0 Å². The second-order valence-electron chi connectivity index (χ2n) is 6.01. The summed E-state index contributed by atoms with van der Waals surface area (Å²) in [4.78, 5) is 32.2. The summed E-state index contributed by atoms with van der Waals surface area (Å²) in [5.41, 5.74) is 0.771. The number of para-hydroxylation sites is 1. The van der Waals surface area contributed by atoms with Crippen molar-refractivity contribution in [2.24, 2.45) is 0 Å². The molecule has 0 saturated carbocycles. The molecule has 0 bridgehead atoms. The number of pyridine rings is 1. The van der Waals surface area contributed by atoms with E-state index in [1.54, 1.807) is 28.0 Å². The zero-order valence-electron chi connectivity index (χ0n) is 14.5. The molecule has 0 unspecified atom stereocenters. The summed E-state index contributed by atoms with van der Waals surface area (Å²) >= 11 is 0. The molecule has 0 aliphatic carbocycles. The van der Waals surface area contributed by atoms with Gasteiger partial charge in [0.05, 0.1) is 12.7 Å². The predicted molar refractivity (Wildman–Crippen MR) is 93.6 cm³/mol. The minimum absolute atomic E-state index is 0.119. The standard InChI is InChI=1S/C19H20FN3O3/c1-26-16-6-3-2-5-15(16)19(25)23-10-4-9-22(11-12-23)18(24)14-7-8-21-17(20)13-14/h2-3,5-8,13H,4,9-12H2,1H3. The van der Waals surface area contributed by atoms with Crippen LogP contribution in [0.15, 0.2) is 42.6 Å². The van der Waals surface area contributed by atoms with Crippen molar-refractivity contribution in [3.05, 3.63) is 59.7 Å². The highest BCUT2D eigenvalue weighted by Crippen LogP contribution is 2.20. The molecule has 2 heterocycles. The topological polar surface area (TPSA) is 62.7 Å². The molecule has 0 spiro atoms. The number of benzene rings is 1. The largest absolute Gasteiger partial charge is 0.496 e. The molecule has 0 atom stereocenters. The van der Waals surface area contributed by atoms with Gasteiger partial charge in [-0.2, -0.15) is 4.39 Å². The fourth-order valence-corrected chi connectivity index (χ4v) is 3.03. The number of halogens is 1. The van der Waals surface area contributed by atoms with Gasteiger partial charge in [-0.15, -0.1) is 0 Å². The number of rotatable bonds is 3. The fraction of sp³-hybridized carbons (Fsp3) is 0.316. The summed E-state index contributed by atoms with van der Waals surface area (Å²) in [6, 6.07) is 9.71. The van der Waals surface area contributed by atoms with E-state index in [0.717, 1.165) is 6.07 Å². The number of amides is 2. The van der Waals surface area contributed by atoms with E-state index in [0.29, 0.717) is 43.9 Å². The van der Waals surface area contributed by atoms with Gasteiger partial charge in [0, 0.05) is 44.0 Å². The molecule has 26 heavy (non-hydrogen) atoms. The first kappa shape index (κ1) is 17.8. The molecule has 3 rings (SSSR count). The van der Waals surface area contributed by atoms with Crippen LogP contribution < -0.4 is 4.74 Å². The van der Waals surface area contributed by atoms with Gasteiger partial charge in [0.1, 0.15) is 5.75 Å². The molecule has 136 valence electrons. The SMILES string of the molecule is COc1ccccc1C(=O)N1CCCN(C(=O)c2ccnc(F)c2)CC1. The van der Waals surface area contributed by atoms with Crippen LogP contribution in [0.1, 0.15) is 27.1 Å². The third-order valence-corrected chi connectivity index (χ3v) is 4.38. The molecule has 2 aromatic rings. The van der Waals surface area contributed by atoms with Crippen molar-refractivity contribution in [2.45, 2.75) is 6.42 Å². The van der Waals surface area contributed by atoms with Crippen molar-refractivity contribution < 1.29 is 18.7 Å². The number of ether oxygens (including phenoxy) is 1. The van der Waals surface area contributed by atoms with E-state index in [2.05, 4.69) is 4.98 Å². The monoisotopic (exact) mass is 357 g/mol. The summed E-state index contributed by atoms with van der Waals surface area (Å²) in [5.74, 6) is -0.523. The van der Waals surface area contributed by atoms with Crippen LogP contribution in [0.25, 0.3) is 0 Å². The molecule has 1 aliphatic heterocycles. The summed E-state index contributed by atoms with van der Waals surface area (Å²) in [6.07, 6.45) is 1.93. The second kappa shape index (κ2) is 7.95. The van der Waals surface area contributed by atoms with E-state index >= 15 is 0 Å². The minimum Gasteiger partial charge on any atom is -0.496 e. The van der Waals surface area contributed by atoms with E-state index < -0.39 is 5.95 Å². The van der Waals surface area contributed by atoms with Crippen LogP contribution in [0.3, 0.4) is 0 Å². The number of methoxy groups -OCH3 is 1. The van der Waals surface area contributed by atoms with E-state index in [-0.39, 0.29) is 17.4 Å². The molecule has 0 N–H and O–H groups in total.